The van der Waals surface area contributed by atoms with Crippen molar-refractivity contribution in [3.05, 3.63) is 46.6 Å². The maximum absolute atomic E-state index is 6.23. The Morgan fingerprint density at radius 1 is 1.24 bits per heavy atom. The lowest BCUT2D eigenvalue weighted by Crippen LogP contribution is -2.27. The summed E-state index contributed by atoms with van der Waals surface area (Å²) in [6.45, 7) is 1.51. The van der Waals surface area contributed by atoms with Crippen LogP contribution in [-0.4, -0.2) is 23.4 Å². The highest BCUT2D eigenvalue weighted by Gasteiger charge is 2.26. The van der Waals surface area contributed by atoms with Crippen LogP contribution in [0.2, 0.25) is 5.02 Å². The minimum absolute atomic E-state index is 0.208. The predicted molar refractivity (Wildman–Crippen MR) is 79.0 cm³/mol. The largest absolute Gasteiger partial charge is 0.381 e. The second-order valence-electron chi connectivity index (χ2n) is 5.33. The van der Waals surface area contributed by atoms with E-state index in [9.17, 15) is 0 Å². The first-order valence-electron chi connectivity index (χ1n) is 7.12. The fraction of sp³-hybridized carbons (Fsp3) is 0.467. The Labute approximate surface area is 128 Å². The molecule has 0 radical (unpaired) electrons. The molecule has 2 heterocycles. The molecule has 6 heteroatoms. The Hall–Kier alpha value is -1.43. The monoisotopic (exact) mass is 307 g/mol. The highest BCUT2D eigenvalue weighted by atomic mass is 35.5. The second-order valence-corrected chi connectivity index (χ2v) is 5.76. The van der Waals surface area contributed by atoms with Crippen LogP contribution in [0.25, 0.3) is 0 Å². The molecule has 112 valence electrons. The van der Waals surface area contributed by atoms with Crippen LogP contribution in [0.5, 0.6) is 0 Å². The molecule has 1 aliphatic rings. The van der Waals surface area contributed by atoms with Gasteiger partial charge in [0.1, 0.15) is 0 Å². The molecule has 0 unspecified atom stereocenters. The summed E-state index contributed by atoms with van der Waals surface area (Å²) in [5.41, 5.74) is 7.32. The molecule has 0 bridgehead atoms. The van der Waals surface area contributed by atoms with Gasteiger partial charge in [0.05, 0.1) is 6.04 Å². The maximum Gasteiger partial charge on any atom is 0.243 e. The Morgan fingerprint density at radius 3 is 2.67 bits per heavy atom. The van der Waals surface area contributed by atoms with Crippen molar-refractivity contribution in [2.45, 2.75) is 25.3 Å². The molecule has 3 rings (SSSR count). The average Bonchev–Trinajstić information content (AvgIpc) is 2.98. The quantitative estimate of drug-likeness (QED) is 0.940. The molecule has 1 aromatic carbocycles. The van der Waals surface area contributed by atoms with Gasteiger partial charge in [-0.15, -0.1) is 0 Å². The van der Waals surface area contributed by atoms with Gasteiger partial charge in [0.15, 0.2) is 5.82 Å². The number of aromatic nitrogens is 2. The Bertz CT molecular complexity index is 579. The van der Waals surface area contributed by atoms with Crippen LogP contribution in [0.3, 0.4) is 0 Å². The SMILES string of the molecule is N[C@H](c1nc(Cc2ccc(Cl)cc2)no1)C1CCOCC1. The summed E-state index contributed by atoms with van der Waals surface area (Å²) in [5.74, 6) is 1.52. The Balaban J connectivity index is 1.66. The summed E-state index contributed by atoms with van der Waals surface area (Å²) >= 11 is 5.87. The van der Waals surface area contributed by atoms with Gasteiger partial charge in [-0.05, 0) is 36.5 Å². The molecule has 0 amide bonds. The van der Waals surface area contributed by atoms with E-state index in [0.717, 1.165) is 31.6 Å². The van der Waals surface area contributed by atoms with E-state index in [1.165, 1.54) is 0 Å². The van der Waals surface area contributed by atoms with Crippen LogP contribution in [0.4, 0.5) is 0 Å². The number of nitrogens with two attached hydrogens (primary N) is 1. The molecule has 1 saturated heterocycles. The molecule has 21 heavy (non-hydrogen) atoms. The van der Waals surface area contributed by atoms with Crippen LogP contribution in [0.1, 0.15) is 36.2 Å². The number of hydrogen-bond donors (Lipinski definition) is 1. The predicted octanol–water partition coefficient (Wildman–Crippen LogP) is 2.74. The third-order valence-corrected chi connectivity index (χ3v) is 4.07. The van der Waals surface area contributed by atoms with Crippen LogP contribution in [0.15, 0.2) is 28.8 Å². The summed E-state index contributed by atoms with van der Waals surface area (Å²) in [5, 5.41) is 4.74. The van der Waals surface area contributed by atoms with E-state index < -0.39 is 0 Å². The van der Waals surface area contributed by atoms with Crippen molar-refractivity contribution < 1.29 is 9.26 Å². The molecule has 2 aromatic rings. The van der Waals surface area contributed by atoms with Gasteiger partial charge in [-0.25, -0.2) is 0 Å². The van der Waals surface area contributed by atoms with Gasteiger partial charge < -0.3 is 15.0 Å². The van der Waals surface area contributed by atoms with Crippen molar-refractivity contribution in [3.63, 3.8) is 0 Å². The van der Waals surface area contributed by atoms with Crippen LogP contribution >= 0.6 is 11.6 Å². The molecule has 1 fully saturated rings. The van der Waals surface area contributed by atoms with Crippen molar-refractivity contribution >= 4 is 11.6 Å². The zero-order valence-corrected chi connectivity index (χ0v) is 12.4. The van der Waals surface area contributed by atoms with Gasteiger partial charge in [0.2, 0.25) is 5.89 Å². The van der Waals surface area contributed by atoms with E-state index in [1.54, 1.807) is 0 Å². The summed E-state index contributed by atoms with van der Waals surface area (Å²) in [4.78, 5) is 4.43. The van der Waals surface area contributed by atoms with Crippen molar-refractivity contribution in [2.75, 3.05) is 13.2 Å². The summed E-state index contributed by atoms with van der Waals surface area (Å²) < 4.78 is 10.7. The van der Waals surface area contributed by atoms with E-state index in [-0.39, 0.29) is 6.04 Å². The topological polar surface area (TPSA) is 74.2 Å². The number of nitrogens with zero attached hydrogens (tertiary/aromatic N) is 2. The molecular weight excluding hydrogens is 290 g/mol. The third-order valence-electron chi connectivity index (χ3n) is 3.82. The van der Waals surface area contributed by atoms with Crippen LogP contribution in [0, 0.1) is 5.92 Å². The molecule has 0 saturated carbocycles. The average molecular weight is 308 g/mol. The first kappa shape index (κ1) is 14.5. The van der Waals surface area contributed by atoms with Gasteiger partial charge >= 0.3 is 0 Å². The lowest BCUT2D eigenvalue weighted by atomic mass is 9.92. The third kappa shape index (κ3) is 3.61. The first-order chi connectivity index (χ1) is 10.2. The molecule has 0 spiro atoms. The minimum Gasteiger partial charge on any atom is -0.381 e. The molecule has 1 aromatic heterocycles. The van der Waals surface area contributed by atoms with Gasteiger partial charge in [0, 0.05) is 24.7 Å². The molecule has 1 aliphatic heterocycles. The highest BCUT2D eigenvalue weighted by molar-refractivity contribution is 6.30. The second kappa shape index (κ2) is 6.56. The minimum atomic E-state index is -0.208. The summed E-state index contributed by atoms with van der Waals surface area (Å²) in [6, 6.07) is 7.41. The van der Waals surface area contributed by atoms with Gasteiger partial charge in [-0.2, -0.15) is 4.98 Å². The van der Waals surface area contributed by atoms with Crippen molar-refractivity contribution in [1.82, 2.24) is 10.1 Å². The van der Waals surface area contributed by atoms with Crippen molar-refractivity contribution in [3.8, 4) is 0 Å². The van der Waals surface area contributed by atoms with Crippen molar-refractivity contribution in [2.24, 2.45) is 11.7 Å². The Kier molecular flexibility index (Phi) is 4.53. The van der Waals surface area contributed by atoms with Gasteiger partial charge in [0.25, 0.3) is 0 Å². The summed E-state index contributed by atoms with van der Waals surface area (Å²) in [7, 11) is 0. The molecule has 5 nitrogen and oxygen atoms in total. The Morgan fingerprint density at radius 2 is 1.95 bits per heavy atom. The number of rotatable bonds is 4. The zero-order valence-electron chi connectivity index (χ0n) is 11.7. The molecular formula is C15H18ClN3O2. The lowest BCUT2D eigenvalue weighted by molar-refractivity contribution is 0.0546. The van der Waals surface area contributed by atoms with E-state index in [1.807, 2.05) is 24.3 Å². The maximum atomic E-state index is 6.23. The summed E-state index contributed by atoms with van der Waals surface area (Å²) in [6.07, 6.45) is 2.49. The highest BCUT2D eigenvalue weighted by Crippen LogP contribution is 2.27. The van der Waals surface area contributed by atoms with E-state index >= 15 is 0 Å². The number of ether oxygens (including phenoxy) is 1. The fourth-order valence-electron chi connectivity index (χ4n) is 2.54. The van der Waals surface area contributed by atoms with E-state index in [2.05, 4.69) is 10.1 Å². The standard InChI is InChI=1S/C15H18ClN3O2/c16-12-3-1-10(2-4-12)9-13-18-15(21-19-13)14(17)11-5-7-20-8-6-11/h1-4,11,14H,5-9,17H2/t14-/m0/s1. The molecule has 2 N–H and O–H groups in total. The number of benzene rings is 1. The van der Waals surface area contributed by atoms with Crippen LogP contribution in [-0.2, 0) is 11.2 Å². The lowest BCUT2D eigenvalue weighted by Gasteiger charge is -2.25. The number of halogens is 1. The zero-order chi connectivity index (χ0) is 14.7. The van der Waals surface area contributed by atoms with E-state index in [4.69, 9.17) is 26.6 Å². The number of hydrogen-bond acceptors (Lipinski definition) is 5. The smallest absolute Gasteiger partial charge is 0.243 e. The van der Waals surface area contributed by atoms with Gasteiger partial charge in [-0.3, -0.25) is 0 Å². The normalized spacial score (nSPS) is 17.8. The van der Waals surface area contributed by atoms with Crippen molar-refractivity contribution in [1.29, 1.82) is 0 Å². The van der Waals surface area contributed by atoms with Gasteiger partial charge in [-0.1, -0.05) is 28.9 Å². The molecule has 0 aliphatic carbocycles. The molecule has 1 atom stereocenters. The fourth-order valence-corrected chi connectivity index (χ4v) is 2.66. The van der Waals surface area contributed by atoms with Crippen LogP contribution < -0.4 is 5.73 Å². The van der Waals surface area contributed by atoms with E-state index in [0.29, 0.717) is 29.1 Å². The first-order valence-corrected chi connectivity index (χ1v) is 7.50.